The van der Waals surface area contributed by atoms with Crippen LogP contribution in [-0.2, 0) is 10.0 Å². The first kappa shape index (κ1) is 23.8. The third-order valence-corrected chi connectivity index (χ3v) is 6.77. The zero-order valence-electron chi connectivity index (χ0n) is 18.5. The van der Waals surface area contributed by atoms with Gasteiger partial charge < -0.3 is 5.73 Å². The number of nitrogens with two attached hydrogens (primary N) is 1. The molecule has 0 bridgehead atoms. The van der Waals surface area contributed by atoms with E-state index in [1.54, 1.807) is 10.6 Å². The summed E-state index contributed by atoms with van der Waals surface area (Å²) in [6, 6.07) is 12.9. The van der Waals surface area contributed by atoms with Gasteiger partial charge in [-0.15, -0.1) is 0 Å². The zero-order valence-corrected chi connectivity index (χ0v) is 19.3. The zero-order chi connectivity index (χ0) is 26.3. The highest BCUT2D eigenvalue weighted by Gasteiger charge is 2.27. The number of hydrogen-bond donors (Lipinski definition) is 2. The first-order valence-corrected chi connectivity index (χ1v) is 11.9. The van der Waals surface area contributed by atoms with Crippen molar-refractivity contribution in [1.29, 1.82) is 5.26 Å². The van der Waals surface area contributed by atoms with E-state index >= 15 is 4.39 Å². The molecule has 0 amide bonds. The normalized spacial score (nSPS) is 11.4. The number of fused-ring (bicyclic) bond motifs is 1. The number of sulfonamides is 1. The van der Waals surface area contributed by atoms with Gasteiger partial charge in [-0.25, -0.2) is 36.5 Å². The third-order valence-electron chi connectivity index (χ3n) is 5.36. The first-order chi connectivity index (χ1) is 17.7. The van der Waals surface area contributed by atoms with Gasteiger partial charge in [0.15, 0.2) is 10.7 Å². The highest BCUT2D eigenvalue weighted by atomic mass is 32.2. The Bertz CT molecular complexity index is 1830. The van der Waals surface area contributed by atoms with Gasteiger partial charge in [-0.05, 0) is 42.5 Å². The number of aromatic nitrogens is 4. The number of nitrogens with one attached hydrogen (secondary N) is 1. The molecule has 0 aliphatic carbocycles. The lowest BCUT2D eigenvalue weighted by atomic mass is 10.1. The van der Waals surface area contributed by atoms with Crippen molar-refractivity contribution in [3.63, 3.8) is 0 Å². The Balaban J connectivity index is 1.70. The highest BCUT2D eigenvalue weighted by Crippen LogP contribution is 2.36. The maximum Gasteiger partial charge on any atom is 0.267 e. The van der Waals surface area contributed by atoms with Crippen LogP contribution in [0.3, 0.4) is 0 Å². The van der Waals surface area contributed by atoms with E-state index < -0.39 is 38.1 Å². The molecule has 3 N–H and O–H groups in total. The van der Waals surface area contributed by atoms with Crippen molar-refractivity contribution < 1.29 is 21.6 Å². The molecule has 0 saturated carbocycles. The summed E-state index contributed by atoms with van der Waals surface area (Å²) in [4.78, 5) is 11.3. The topological polar surface area (TPSA) is 139 Å². The van der Waals surface area contributed by atoms with E-state index in [2.05, 4.69) is 15.0 Å². The number of benzene rings is 2. The van der Waals surface area contributed by atoms with Crippen molar-refractivity contribution in [3.8, 4) is 28.7 Å². The summed E-state index contributed by atoms with van der Waals surface area (Å²) in [5, 5.41) is 9.26. The van der Waals surface area contributed by atoms with E-state index in [0.717, 1.165) is 24.3 Å². The van der Waals surface area contributed by atoms with Gasteiger partial charge in [-0.2, -0.15) is 5.26 Å². The minimum atomic E-state index is -4.84. The summed E-state index contributed by atoms with van der Waals surface area (Å²) in [6.07, 6.45) is 2.94. The molecule has 0 atom stereocenters. The number of anilines is 2. The van der Waals surface area contributed by atoms with Gasteiger partial charge in [0.2, 0.25) is 5.95 Å². The SMILES string of the molecule is N#Cc1ccn2c(-c3ccnc(N)n3)c(-c3cccc(NS(=O)(=O)c4c(F)cccc4F)c3F)nc2c1. The van der Waals surface area contributed by atoms with Crippen LogP contribution in [0.4, 0.5) is 24.8 Å². The largest absolute Gasteiger partial charge is 0.368 e. The minimum Gasteiger partial charge on any atom is -0.368 e. The number of halogens is 3. The van der Waals surface area contributed by atoms with Crippen LogP contribution in [0.5, 0.6) is 0 Å². The molecule has 37 heavy (non-hydrogen) atoms. The summed E-state index contributed by atoms with van der Waals surface area (Å²) >= 11 is 0. The van der Waals surface area contributed by atoms with Crippen LogP contribution >= 0.6 is 0 Å². The molecule has 184 valence electrons. The number of pyridine rings is 1. The van der Waals surface area contributed by atoms with E-state index in [9.17, 15) is 22.5 Å². The molecule has 0 aliphatic heterocycles. The van der Waals surface area contributed by atoms with Gasteiger partial charge in [-0.3, -0.25) is 9.12 Å². The van der Waals surface area contributed by atoms with Crippen molar-refractivity contribution in [2.75, 3.05) is 10.5 Å². The number of nitrogen functional groups attached to an aromatic ring is 1. The molecule has 13 heteroatoms. The average molecular weight is 521 g/mol. The minimum absolute atomic E-state index is 0.0452. The molecule has 0 radical (unpaired) electrons. The van der Waals surface area contributed by atoms with Gasteiger partial charge in [0.1, 0.15) is 23.0 Å². The molecular weight excluding hydrogens is 507 g/mol. The Morgan fingerprint density at radius 1 is 1.00 bits per heavy atom. The smallest absolute Gasteiger partial charge is 0.267 e. The Hall–Kier alpha value is -4.96. The summed E-state index contributed by atoms with van der Waals surface area (Å²) < 4.78 is 73.0. The maximum atomic E-state index is 15.8. The lowest BCUT2D eigenvalue weighted by Gasteiger charge is -2.12. The number of nitriles is 1. The first-order valence-electron chi connectivity index (χ1n) is 10.5. The van der Waals surface area contributed by atoms with Crippen LogP contribution in [0.25, 0.3) is 28.3 Å². The Kier molecular flexibility index (Phi) is 5.73. The Morgan fingerprint density at radius 2 is 1.73 bits per heavy atom. The molecule has 0 unspecified atom stereocenters. The molecule has 3 heterocycles. The highest BCUT2D eigenvalue weighted by molar-refractivity contribution is 7.92. The number of hydrogen-bond acceptors (Lipinski definition) is 7. The van der Waals surface area contributed by atoms with Crippen molar-refractivity contribution in [3.05, 3.63) is 90.0 Å². The predicted octanol–water partition coefficient (Wildman–Crippen LogP) is 4.13. The molecule has 0 fully saturated rings. The fourth-order valence-electron chi connectivity index (χ4n) is 3.78. The van der Waals surface area contributed by atoms with Gasteiger partial charge in [0, 0.05) is 18.0 Å². The monoisotopic (exact) mass is 521 g/mol. The summed E-state index contributed by atoms with van der Waals surface area (Å²) in [7, 11) is -4.84. The van der Waals surface area contributed by atoms with Crippen LogP contribution in [0, 0.1) is 28.8 Å². The number of nitrogens with zero attached hydrogens (tertiary/aromatic N) is 5. The van der Waals surface area contributed by atoms with Crippen molar-refractivity contribution >= 4 is 27.3 Å². The van der Waals surface area contributed by atoms with Gasteiger partial charge in [-0.1, -0.05) is 12.1 Å². The quantitative estimate of drug-likeness (QED) is 0.355. The van der Waals surface area contributed by atoms with E-state index in [-0.39, 0.29) is 34.2 Å². The molecule has 0 saturated heterocycles. The second-order valence-corrected chi connectivity index (χ2v) is 9.31. The van der Waals surface area contributed by atoms with Crippen LogP contribution in [0.2, 0.25) is 0 Å². The van der Waals surface area contributed by atoms with E-state index in [1.165, 1.54) is 36.5 Å². The number of rotatable bonds is 5. The van der Waals surface area contributed by atoms with Crippen molar-refractivity contribution in [2.45, 2.75) is 4.90 Å². The fraction of sp³-hybridized carbons (Fsp3) is 0. The van der Waals surface area contributed by atoms with E-state index in [1.807, 2.05) is 10.8 Å². The fourth-order valence-corrected chi connectivity index (χ4v) is 4.98. The van der Waals surface area contributed by atoms with Crippen LogP contribution in [-0.4, -0.2) is 27.8 Å². The second-order valence-electron chi connectivity index (χ2n) is 7.69. The summed E-state index contributed by atoms with van der Waals surface area (Å²) in [6.45, 7) is 0. The Labute approximate surface area is 207 Å². The van der Waals surface area contributed by atoms with Crippen LogP contribution in [0.15, 0.2) is 71.9 Å². The lowest BCUT2D eigenvalue weighted by Crippen LogP contribution is -2.17. The van der Waals surface area contributed by atoms with E-state index in [4.69, 9.17) is 5.73 Å². The molecule has 5 rings (SSSR count). The second kappa shape index (κ2) is 8.92. The molecule has 9 nitrogen and oxygen atoms in total. The van der Waals surface area contributed by atoms with Crippen LogP contribution in [0.1, 0.15) is 5.56 Å². The lowest BCUT2D eigenvalue weighted by molar-refractivity contribution is 0.521. The molecular formula is C24H14F3N7O2S. The Morgan fingerprint density at radius 3 is 2.43 bits per heavy atom. The van der Waals surface area contributed by atoms with Gasteiger partial charge >= 0.3 is 0 Å². The number of imidazole rings is 1. The molecule has 0 aliphatic rings. The predicted molar refractivity (Wildman–Crippen MR) is 128 cm³/mol. The van der Waals surface area contributed by atoms with Crippen molar-refractivity contribution in [1.82, 2.24) is 19.4 Å². The molecule has 5 aromatic rings. The van der Waals surface area contributed by atoms with E-state index in [0.29, 0.717) is 5.56 Å². The average Bonchev–Trinajstić information content (AvgIpc) is 3.23. The van der Waals surface area contributed by atoms with Gasteiger partial charge in [0.05, 0.1) is 28.7 Å². The molecule has 3 aromatic heterocycles. The molecule has 2 aromatic carbocycles. The third kappa shape index (κ3) is 4.19. The maximum absolute atomic E-state index is 15.8. The van der Waals surface area contributed by atoms with Crippen LogP contribution < -0.4 is 10.5 Å². The summed E-state index contributed by atoms with van der Waals surface area (Å²) in [5.74, 6) is -3.78. The van der Waals surface area contributed by atoms with Crippen molar-refractivity contribution in [2.24, 2.45) is 0 Å². The standard InChI is InChI=1S/C24H14F3N7O2S/c25-15-4-2-5-16(26)23(15)37(35,36)33-17-6-1-3-14(20(17)27)21-22(18-7-9-30-24(29)31-18)34-10-8-13(12-28)11-19(34)32-21/h1-11,33H,(H2,29,30,31). The molecule has 0 spiro atoms. The summed E-state index contributed by atoms with van der Waals surface area (Å²) in [5.41, 5.74) is 6.21. The van der Waals surface area contributed by atoms with Gasteiger partial charge in [0.25, 0.3) is 10.0 Å².